The quantitative estimate of drug-likeness (QED) is 0.784. The maximum atomic E-state index is 13.3. The van der Waals surface area contributed by atoms with Crippen LogP contribution in [0.5, 0.6) is 5.75 Å². The van der Waals surface area contributed by atoms with Gasteiger partial charge in [-0.1, -0.05) is 25.0 Å². The third-order valence-electron chi connectivity index (χ3n) is 5.37. The lowest BCUT2D eigenvalue weighted by atomic mass is 9.77. The topological polar surface area (TPSA) is 42.4 Å². The van der Waals surface area contributed by atoms with E-state index in [4.69, 9.17) is 4.74 Å². The Labute approximate surface area is 153 Å². The van der Waals surface area contributed by atoms with Gasteiger partial charge in [-0.25, -0.2) is 4.98 Å². The predicted molar refractivity (Wildman–Crippen MR) is 101 cm³/mol. The molecule has 1 aliphatic carbocycles. The molecule has 0 aliphatic heterocycles. The van der Waals surface area contributed by atoms with E-state index in [2.05, 4.69) is 17.1 Å². The number of ether oxygens (including phenoxy) is 1. The summed E-state index contributed by atoms with van der Waals surface area (Å²) in [5.41, 5.74) is 3.71. The molecule has 1 saturated carbocycles. The lowest BCUT2D eigenvalue weighted by molar-refractivity contribution is -0.136. The van der Waals surface area contributed by atoms with Crippen LogP contribution in [-0.2, 0) is 16.6 Å². The van der Waals surface area contributed by atoms with Gasteiger partial charge in [0.1, 0.15) is 5.75 Å². The zero-order valence-electron chi connectivity index (χ0n) is 15.2. The van der Waals surface area contributed by atoms with Crippen molar-refractivity contribution in [2.75, 3.05) is 20.7 Å². The van der Waals surface area contributed by atoms with Gasteiger partial charge in [-0.15, -0.1) is 11.3 Å². The van der Waals surface area contributed by atoms with E-state index < -0.39 is 0 Å². The molecule has 0 spiro atoms. The van der Waals surface area contributed by atoms with Crippen molar-refractivity contribution < 1.29 is 9.53 Å². The summed E-state index contributed by atoms with van der Waals surface area (Å²) in [5, 5.41) is 0. The zero-order chi connectivity index (χ0) is 17.9. The van der Waals surface area contributed by atoms with Crippen molar-refractivity contribution in [3.8, 4) is 5.75 Å². The van der Waals surface area contributed by atoms with Gasteiger partial charge in [0.05, 0.1) is 23.7 Å². The van der Waals surface area contributed by atoms with Crippen molar-refractivity contribution in [2.45, 2.75) is 44.4 Å². The molecule has 0 N–H and O–H groups in total. The minimum atomic E-state index is -0.371. The Balaban J connectivity index is 1.76. The van der Waals surface area contributed by atoms with Gasteiger partial charge in [-0.05, 0) is 37.5 Å². The van der Waals surface area contributed by atoms with Crippen LogP contribution >= 0.6 is 11.3 Å². The largest absolute Gasteiger partial charge is 0.497 e. The first-order valence-electron chi connectivity index (χ1n) is 8.86. The molecule has 0 saturated heterocycles. The third kappa shape index (κ3) is 3.56. The maximum Gasteiger partial charge on any atom is 0.232 e. The van der Waals surface area contributed by atoms with E-state index in [1.165, 1.54) is 4.88 Å². The number of hydrogen-bond donors (Lipinski definition) is 0. The molecule has 1 aromatic carbocycles. The Morgan fingerprint density at radius 2 is 1.96 bits per heavy atom. The molecular formula is C20H26N2O2S. The van der Waals surface area contributed by atoms with Gasteiger partial charge in [-0.3, -0.25) is 4.79 Å². The van der Waals surface area contributed by atoms with E-state index in [1.54, 1.807) is 18.4 Å². The highest BCUT2D eigenvalue weighted by Gasteiger charge is 2.44. The standard InChI is InChI=1S/C20H26N2O2S/c1-15-18(25-14-21-15)10-13-22(2)19(23)20(11-4-5-12-20)16-6-8-17(24-3)9-7-16/h6-9,14H,4-5,10-13H2,1-3H3. The summed E-state index contributed by atoms with van der Waals surface area (Å²) >= 11 is 1.67. The van der Waals surface area contributed by atoms with Gasteiger partial charge in [-0.2, -0.15) is 0 Å². The molecule has 25 heavy (non-hydrogen) atoms. The predicted octanol–water partition coefficient (Wildman–Crippen LogP) is 3.97. The van der Waals surface area contributed by atoms with Crippen LogP contribution in [0.2, 0.25) is 0 Å². The molecule has 1 aromatic heterocycles. The van der Waals surface area contributed by atoms with E-state index in [9.17, 15) is 4.79 Å². The normalized spacial score (nSPS) is 16.0. The number of hydrogen-bond acceptors (Lipinski definition) is 4. The first kappa shape index (κ1) is 17.9. The molecule has 2 aromatic rings. The van der Waals surface area contributed by atoms with Crippen molar-refractivity contribution in [3.05, 3.63) is 45.9 Å². The van der Waals surface area contributed by atoms with Crippen molar-refractivity contribution in [2.24, 2.45) is 0 Å². The molecule has 134 valence electrons. The number of rotatable bonds is 6. The lowest BCUT2D eigenvalue weighted by Crippen LogP contribution is -2.44. The number of benzene rings is 1. The number of amides is 1. The molecule has 1 fully saturated rings. The Morgan fingerprint density at radius 1 is 1.28 bits per heavy atom. The van der Waals surface area contributed by atoms with Crippen molar-refractivity contribution in [1.29, 1.82) is 0 Å². The van der Waals surface area contributed by atoms with E-state index in [-0.39, 0.29) is 11.3 Å². The highest BCUT2D eigenvalue weighted by atomic mass is 32.1. The molecule has 0 radical (unpaired) electrons. The van der Waals surface area contributed by atoms with Crippen LogP contribution in [0.1, 0.15) is 41.8 Å². The van der Waals surface area contributed by atoms with Gasteiger partial charge < -0.3 is 9.64 Å². The Bertz CT molecular complexity index is 718. The highest BCUT2D eigenvalue weighted by molar-refractivity contribution is 7.09. The van der Waals surface area contributed by atoms with E-state index in [1.807, 2.05) is 36.5 Å². The molecule has 1 amide bonds. The summed E-state index contributed by atoms with van der Waals surface area (Å²) in [5.74, 6) is 1.08. The number of aromatic nitrogens is 1. The molecular weight excluding hydrogens is 332 g/mol. The Morgan fingerprint density at radius 3 is 2.52 bits per heavy atom. The number of methoxy groups -OCH3 is 1. The second-order valence-electron chi connectivity index (χ2n) is 6.86. The fourth-order valence-electron chi connectivity index (χ4n) is 3.82. The fraction of sp³-hybridized carbons (Fsp3) is 0.500. The molecule has 1 heterocycles. The van der Waals surface area contributed by atoms with Crippen LogP contribution in [0.4, 0.5) is 0 Å². The highest BCUT2D eigenvalue weighted by Crippen LogP contribution is 2.43. The number of likely N-dealkylation sites (N-methyl/N-ethyl adjacent to an activating group) is 1. The summed E-state index contributed by atoms with van der Waals surface area (Å²) < 4.78 is 5.26. The van der Waals surface area contributed by atoms with Gasteiger partial charge in [0, 0.05) is 24.9 Å². The SMILES string of the molecule is COc1ccc(C2(C(=O)N(C)CCc3scnc3C)CCCC2)cc1. The van der Waals surface area contributed by atoms with Crippen LogP contribution < -0.4 is 4.74 Å². The monoisotopic (exact) mass is 358 g/mol. The average molecular weight is 359 g/mol. The van der Waals surface area contributed by atoms with Crippen molar-refractivity contribution in [1.82, 2.24) is 9.88 Å². The second kappa shape index (κ2) is 7.56. The van der Waals surface area contributed by atoms with Gasteiger partial charge >= 0.3 is 0 Å². The van der Waals surface area contributed by atoms with Crippen LogP contribution in [-0.4, -0.2) is 36.5 Å². The van der Waals surface area contributed by atoms with E-state index in [0.29, 0.717) is 0 Å². The minimum Gasteiger partial charge on any atom is -0.497 e. The third-order valence-corrected chi connectivity index (χ3v) is 6.37. The molecule has 4 nitrogen and oxygen atoms in total. The van der Waals surface area contributed by atoms with Gasteiger partial charge in [0.25, 0.3) is 0 Å². The first-order valence-corrected chi connectivity index (χ1v) is 9.74. The second-order valence-corrected chi connectivity index (χ2v) is 7.79. The Hall–Kier alpha value is -1.88. The molecule has 0 atom stereocenters. The zero-order valence-corrected chi connectivity index (χ0v) is 16.1. The average Bonchev–Trinajstić information content (AvgIpc) is 3.29. The molecule has 3 rings (SSSR count). The van der Waals surface area contributed by atoms with Crippen LogP contribution in [0.3, 0.4) is 0 Å². The Kier molecular flexibility index (Phi) is 5.42. The number of carbonyl (C=O) groups excluding carboxylic acids is 1. The smallest absolute Gasteiger partial charge is 0.232 e. The van der Waals surface area contributed by atoms with Crippen LogP contribution in [0, 0.1) is 6.92 Å². The molecule has 5 heteroatoms. The summed E-state index contributed by atoms with van der Waals surface area (Å²) in [6.45, 7) is 2.77. The lowest BCUT2D eigenvalue weighted by Gasteiger charge is -2.33. The number of thiazole rings is 1. The fourth-order valence-corrected chi connectivity index (χ4v) is 4.59. The molecule has 0 unspecified atom stereocenters. The summed E-state index contributed by atoms with van der Waals surface area (Å²) in [7, 11) is 3.60. The molecule has 1 aliphatic rings. The van der Waals surface area contributed by atoms with Crippen molar-refractivity contribution >= 4 is 17.2 Å². The van der Waals surface area contributed by atoms with Crippen molar-refractivity contribution in [3.63, 3.8) is 0 Å². The summed E-state index contributed by atoms with van der Waals surface area (Å²) in [4.78, 5) is 20.8. The number of nitrogens with zero attached hydrogens (tertiary/aromatic N) is 2. The minimum absolute atomic E-state index is 0.248. The summed E-state index contributed by atoms with van der Waals surface area (Å²) in [6, 6.07) is 8.04. The van der Waals surface area contributed by atoms with Gasteiger partial charge in [0.15, 0.2) is 0 Å². The molecule has 0 bridgehead atoms. The van der Waals surface area contributed by atoms with Crippen LogP contribution in [0.15, 0.2) is 29.8 Å². The van der Waals surface area contributed by atoms with Gasteiger partial charge in [0.2, 0.25) is 5.91 Å². The van der Waals surface area contributed by atoms with E-state index in [0.717, 1.165) is 55.7 Å². The maximum absolute atomic E-state index is 13.3. The first-order chi connectivity index (χ1) is 12.1. The van der Waals surface area contributed by atoms with E-state index >= 15 is 0 Å². The summed E-state index contributed by atoms with van der Waals surface area (Å²) in [6.07, 6.45) is 4.96. The number of aryl methyl sites for hydroxylation is 1. The number of carbonyl (C=O) groups is 1. The van der Waals surface area contributed by atoms with Crippen LogP contribution in [0.25, 0.3) is 0 Å².